The van der Waals surface area contributed by atoms with Crippen LogP contribution in [0.1, 0.15) is 37.9 Å². The Balaban J connectivity index is 3.40. The molecule has 1 aromatic rings. The molecule has 0 heterocycles. The number of carbonyl (C=O) groups is 1. The smallest absolute Gasteiger partial charge is 0.325 e. The van der Waals surface area contributed by atoms with Crippen molar-refractivity contribution in [2.75, 3.05) is 0 Å². The molecule has 0 spiro atoms. The van der Waals surface area contributed by atoms with Crippen molar-refractivity contribution in [1.29, 1.82) is 0 Å². The molecule has 5 nitrogen and oxygen atoms in total. The van der Waals surface area contributed by atoms with Crippen molar-refractivity contribution in [3.8, 4) is 11.5 Å². The summed E-state index contributed by atoms with van der Waals surface area (Å²) < 4.78 is 0. The average molecular weight is 239 g/mol. The number of rotatable bonds is 2. The van der Waals surface area contributed by atoms with Gasteiger partial charge >= 0.3 is 5.97 Å². The van der Waals surface area contributed by atoms with E-state index in [-0.39, 0.29) is 16.7 Å². The predicted octanol–water partition coefficient (Wildman–Crippen LogP) is 1.48. The maximum atomic E-state index is 10.8. The summed E-state index contributed by atoms with van der Waals surface area (Å²) in [6.07, 6.45) is 0. The molecule has 0 aliphatic heterocycles. The van der Waals surface area contributed by atoms with Crippen LogP contribution < -0.4 is 5.73 Å². The maximum Gasteiger partial charge on any atom is 0.325 e. The summed E-state index contributed by atoms with van der Waals surface area (Å²) >= 11 is 0. The van der Waals surface area contributed by atoms with Crippen molar-refractivity contribution in [3.05, 3.63) is 23.3 Å². The SMILES string of the molecule is CC(C)(C)c1cc(O)c(O)c(C(N)C(=O)O)c1. The molecular weight excluding hydrogens is 222 g/mol. The number of hydrogen-bond donors (Lipinski definition) is 4. The zero-order valence-electron chi connectivity index (χ0n) is 10.1. The monoisotopic (exact) mass is 239 g/mol. The first-order valence-electron chi connectivity index (χ1n) is 5.19. The molecule has 5 N–H and O–H groups in total. The molecular formula is C12H17NO4. The van der Waals surface area contributed by atoms with E-state index in [9.17, 15) is 15.0 Å². The van der Waals surface area contributed by atoms with Gasteiger partial charge in [-0.1, -0.05) is 20.8 Å². The molecule has 0 aromatic heterocycles. The van der Waals surface area contributed by atoms with Crippen molar-refractivity contribution < 1.29 is 20.1 Å². The van der Waals surface area contributed by atoms with Gasteiger partial charge in [0, 0.05) is 5.56 Å². The molecule has 0 bridgehead atoms. The van der Waals surface area contributed by atoms with Crippen LogP contribution in [0.2, 0.25) is 0 Å². The van der Waals surface area contributed by atoms with Gasteiger partial charge in [-0.3, -0.25) is 4.79 Å². The number of carboxylic acid groups (broad SMARTS) is 1. The Hall–Kier alpha value is -1.75. The zero-order valence-corrected chi connectivity index (χ0v) is 10.1. The van der Waals surface area contributed by atoms with Crippen LogP contribution >= 0.6 is 0 Å². The minimum absolute atomic E-state index is 0.0161. The molecule has 5 heteroatoms. The minimum Gasteiger partial charge on any atom is -0.504 e. The zero-order chi connectivity index (χ0) is 13.4. The lowest BCUT2D eigenvalue weighted by Crippen LogP contribution is -2.22. The molecule has 0 aliphatic rings. The van der Waals surface area contributed by atoms with E-state index in [1.165, 1.54) is 12.1 Å². The minimum atomic E-state index is -1.36. The summed E-state index contributed by atoms with van der Waals surface area (Å²) in [5.74, 6) is -2.09. The molecule has 0 saturated heterocycles. The van der Waals surface area contributed by atoms with Crippen molar-refractivity contribution >= 4 is 5.97 Å². The Kier molecular flexibility index (Phi) is 3.33. The van der Waals surface area contributed by atoms with Crippen molar-refractivity contribution in [2.45, 2.75) is 32.2 Å². The lowest BCUT2D eigenvalue weighted by molar-refractivity contribution is -0.138. The average Bonchev–Trinajstić information content (AvgIpc) is 2.19. The highest BCUT2D eigenvalue weighted by molar-refractivity contribution is 5.77. The topological polar surface area (TPSA) is 104 Å². The fraction of sp³-hybridized carbons (Fsp3) is 0.417. The van der Waals surface area contributed by atoms with Crippen LogP contribution in [0.3, 0.4) is 0 Å². The Morgan fingerprint density at radius 3 is 2.24 bits per heavy atom. The van der Waals surface area contributed by atoms with Crippen LogP contribution in [-0.4, -0.2) is 21.3 Å². The van der Waals surface area contributed by atoms with Gasteiger partial charge in [0.25, 0.3) is 0 Å². The van der Waals surface area contributed by atoms with Crippen molar-refractivity contribution in [3.63, 3.8) is 0 Å². The van der Waals surface area contributed by atoms with Gasteiger partial charge in [0.2, 0.25) is 0 Å². The van der Waals surface area contributed by atoms with Crippen molar-refractivity contribution in [1.82, 2.24) is 0 Å². The third-order valence-corrected chi connectivity index (χ3v) is 2.59. The second-order valence-corrected chi connectivity index (χ2v) is 5.00. The highest BCUT2D eigenvalue weighted by Gasteiger charge is 2.24. The van der Waals surface area contributed by atoms with Gasteiger partial charge < -0.3 is 21.1 Å². The number of nitrogens with two attached hydrogens (primary N) is 1. The second-order valence-electron chi connectivity index (χ2n) is 5.00. The van der Waals surface area contributed by atoms with Crippen molar-refractivity contribution in [2.24, 2.45) is 5.73 Å². The molecule has 0 amide bonds. The van der Waals surface area contributed by atoms with E-state index in [1.807, 2.05) is 20.8 Å². The summed E-state index contributed by atoms with van der Waals surface area (Å²) in [5.41, 5.74) is 5.89. The standard InChI is InChI=1S/C12H17NO4/c1-12(2,3)6-4-7(9(13)11(16)17)10(15)8(14)5-6/h4-5,9,14-15H,13H2,1-3H3,(H,16,17). The highest BCUT2D eigenvalue weighted by atomic mass is 16.4. The van der Waals surface area contributed by atoms with E-state index in [0.29, 0.717) is 5.56 Å². The summed E-state index contributed by atoms with van der Waals surface area (Å²) in [7, 11) is 0. The molecule has 0 fully saturated rings. The largest absolute Gasteiger partial charge is 0.504 e. The van der Waals surface area contributed by atoms with Crippen LogP contribution in [0.15, 0.2) is 12.1 Å². The van der Waals surface area contributed by atoms with Gasteiger partial charge in [0.1, 0.15) is 6.04 Å². The number of carboxylic acids is 1. The van der Waals surface area contributed by atoms with Gasteiger partial charge in [0.15, 0.2) is 11.5 Å². The van der Waals surface area contributed by atoms with Crippen LogP contribution in [0.25, 0.3) is 0 Å². The lowest BCUT2D eigenvalue weighted by atomic mass is 9.85. The Bertz CT molecular complexity index is 449. The van der Waals surface area contributed by atoms with E-state index in [1.54, 1.807) is 0 Å². The van der Waals surface area contributed by atoms with Crippen LogP contribution in [0.5, 0.6) is 11.5 Å². The summed E-state index contributed by atoms with van der Waals surface area (Å²) in [5, 5.41) is 28.0. The molecule has 0 saturated carbocycles. The predicted molar refractivity (Wildman–Crippen MR) is 63.0 cm³/mol. The van der Waals surface area contributed by atoms with E-state index >= 15 is 0 Å². The van der Waals surface area contributed by atoms with E-state index < -0.39 is 17.8 Å². The van der Waals surface area contributed by atoms with E-state index in [0.717, 1.165) is 0 Å². The number of hydrogen-bond acceptors (Lipinski definition) is 4. The lowest BCUT2D eigenvalue weighted by Gasteiger charge is -2.22. The number of aromatic hydroxyl groups is 2. The Morgan fingerprint density at radius 1 is 1.29 bits per heavy atom. The van der Waals surface area contributed by atoms with Gasteiger partial charge in [-0.25, -0.2) is 0 Å². The molecule has 1 rings (SSSR count). The molecule has 1 unspecified atom stereocenters. The molecule has 1 aromatic carbocycles. The molecule has 1 atom stereocenters. The molecule has 17 heavy (non-hydrogen) atoms. The molecule has 94 valence electrons. The van der Waals surface area contributed by atoms with Gasteiger partial charge in [0.05, 0.1) is 0 Å². The molecule has 0 radical (unpaired) electrons. The number of phenols is 2. The Labute approximate surface area is 99.5 Å². The first-order valence-corrected chi connectivity index (χ1v) is 5.19. The van der Waals surface area contributed by atoms with E-state index in [2.05, 4.69) is 0 Å². The van der Waals surface area contributed by atoms with Gasteiger partial charge in [-0.2, -0.15) is 0 Å². The summed E-state index contributed by atoms with van der Waals surface area (Å²) in [4.78, 5) is 10.8. The summed E-state index contributed by atoms with van der Waals surface area (Å²) in [6, 6.07) is 1.56. The first kappa shape index (κ1) is 13.3. The fourth-order valence-electron chi connectivity index (χ4n) is 1.44. The van der Waals surface area contributed by atoms with Gasteiger partial charge in [-0.05, 0) is 23.1 Å². The third-order valence-electron chi connectivity index (χ3n) is 2.59. The van der Waals surface area contributed by atoms with Crippen LogP contribution in [0, 0.1) is 0 Å². The number of phenolic OH excluding ortho intramolecular Hbond substituents is 2. The number of aliphatic carboxylic acids is 1. The maximum absolute atomic E-state index is 10.8. The van der Waals surface area contributed by atoms with Crippen LogP contribution in [0.4, 0.5) is 0 Å². The Morgan fingerprint density at radius 2 is 1.82 bits per heavy atom. The quantitative estimate of drug-likeness (QED) is 0.585. The third kappa shape index (κ3) is 2.68. The second kappa shape index (κ2) is 4.25. The normalized spacial score (nSPS) is 13.4. The first-order chi connectivity index (χ1) is 7.64. The summed E-state index contributed by atoms with van der Waals surface area (Å²) in [6.45, 7) is 5.73. The molecule has 0 aliphatic carbocycles. The van der Waals surface area contributed by atoms with Gasteiger partial charge in [-0.15, -0.1) is 0 Å². The highest BCUT2D eigenvalue weighted by Crippen LogP contribution is 2.37. The van der Waals surface area contributed by atoms with E-state index in [4.69, 9.17) is 10.8 Å². The number of benzene rings is 1. The van der Waals surface area contributed by atoms with Crippen LogP contribution in [-0.2, 0) is 10.2 Å². The fourth-order valence-corrected chi connectivity index (χ4v) is 1.44.